The van der Waals surface area contributed by atoms with Gasteiger partial charge < -0.3 is 34.5 Å². The molecule has 12 heteroatoms. The molecule has 2 aliphatic rings. The summed E-state index contributed by atoms with van der Waals surface area (Å²) in [6.07, 6.45) is 5.81. The molecule has 3 amide bonds. The van der Waals surface area contributed by atoms with Gasteiger partial charge in [-0.05, 0) is 24.5 Å². The molecule has 0 unspecified atom stereocenters. The monoisotopic (exact) mass is 562 g/mol. The van der Waals surface area contributed by atoms with E-state index in [0.29, 0.717) is 91.6 Å². The Bertz CT molecular complexity index is 937. The number of carbonyl (C=O) groups is 4. The van der Waals surface area contributed by atoms with Crippen LogP contribution in [0.1, 0.15) is 43.7 Å². The minimum atomic E-state index is -0.462. The molecular formula is C28H42N4O8. The second-order valence-electron chi connectivity index (χ2n) is 9.89. The van der Waals surface area contributed by atoms with Crippen molar-refractivity contribution >= 4 is 23.5 Å². The Morgan fingerprint density at radius 1 is 0.875 bits per heavy atom. The van der Waals surface area contributed by atoms with Crippen LogP contribution in [0.3, 0.4) is 0 Å². The molecule has 0 radical (unpaired) electrons. The molecule has 0 aromatic carbocycles. The molecule has 3 rings (SSSR count). The average molecular weight is 563 g/mol. The first kappa shape index (κ1) is 31.6. The first-order valence-electron chi connectivity index (χ1n) is 14.0. The van der Waals surface area contributed by atoms with Crippen molar-refractivity contribution in [3.8, 4) is 0 Å². The lowest BCUT2D eigenvalue weighted by atomic mass is 9.88. The summed E-state index contributed by atoms with van der Waals surface area (Å²) in [6, 6.07) is 3.36. The molecule has 0 spiro atoms. The topological polar surface area (TPSA) is 145 Å². The Balaban J connectivity index is 1.10. The zero-order valence-corrected chi connectivity index (χ0v) is 23.3. The smallest absolute Gasteiger partial charge is 0.226 e. The van der Waals surface area contributed by atoms with Crippen LogP contribution >= 0.6 is 0 Å². The van der Waals surface area contributed by atoms with Gasteiger partial charge in [0.05, 0.1) is 64.8 Å². The summed E-state index contributed by atoms with van der Waals surface area (Å²) >= 11 is 0. The number of rotatable bonds is 18. The van der Waals surface area contributed by atoms with Gasteiger partial charge in [0.25, 0.3) is 0 Å². The molecule has 222 valence electrons. The van der Waals surface area contributed by atoms with Gasteiger partial charge in [-0.1, -0.05) is 6.07 Å². The standard InChI is InChI=1S/C28H42N4O8/c1-32-25(34)19-24(26(32)22-3-2-8-29-20-22)28(36)31-10-12-38-14-16-40-18-17-39-15-13-37-11-9-30-27(35)21-4-6-23(33)7-5-21/h2-3,8,20-21,24,26H,4-7,9-19H2,1H3,(H,30,35)(H,31,36)/t24-,26+/m0/s1. The van der Waals surface area contributed by atoms with Gasteiger partial charge in [-0.2, -0.15) is 0 Å². The highest BCUT2D eigenvalue weighted by Crippen LogP contribution is 2.36. The van der Waals surface area contributed by atoms with E-state index in [1.165, 1.54) is 0 Å². The van der Waals surface area contributed by atoms with Crippen LogP contribution in [-0.2, 0) is 38.1 Å². The SMILES string of the molecule is CN1C(=O)C[C@H](C(=O)NCCOCCOCCOCCOCCNC(=O)C2CCC(=O)CC2)[C@H]1c1cccnc1. The van der Waals surface area contributed by atoms with E-state index in [9.17, 15) is 19.2 Å². The predicted molar refractivity (Wildman–Crippen MR) is 144 cm³/mol. The maximum absolute atomic E-state index is 12.7. The third-order valence-corrected chi connectivity index (χ3v) is 7.07. The number of nitrogens with one attached hydrogen (secondary N) is 2. The number of carbonyl (C=O) groups excluding carboxylic acids is 4. The van der Waals surface area contributed by atoms with E-state index in [1.54, 1.807) is 30.4 Å². The number of hydrogen-bond donors (Lipinski definition) is 2. The van der Waals surface area contributed by atoms with Crippen molar-refractivity contribution in [3.05, 3.63) is 30.1 Å². The lowest BCUT2D eigenvalue weighted by molar-refractivity contribution is -0.129. The number of ketones is 1. The van der Waals surface area contributed by atoms with Crippen molar-refractivity contribution in [3.63, 3.8) is 0 Å². The van der Waals surface area contributed by atoms with Gasteiger partial charge in [0.15, 0.2) is 0 Å². The number of hydrogen-bond acceptors (Lipinski definition) is 9. The largest absolute Gasteiger partial charge is 0.377 e. The van der Waals surface area contributed by atoms with Crippen molar-refractivity contribution in [2.75, 3.05) is 73.0 Å². The summed E-state index contributed by atoms with van der Waals surface area (Å²) in [5.41, 5.74) is 0.845. The van der Waals surface area contributed by atoms with Crippen molar-refractivity contribution in [1.29, 1.82) is 0 Å². The van der Waals surface area contributed by atoms with E-state index in [0.717, 1.165) is 5.56 Å². The number of amides is 3. The molecule has 2 fully saturated rings. The summed E-state index contributed by atoms with van der Waals surface area (Å²) in [7, 11) is 1.71. The summed E-state index contributed by atoms with van der Waals surface area (Å²) in [6.45, 7) is 4.08. The fraction of sp³-hybridized carbons (Fsp3) is 0.679. The van der Waals surface area contributed by atoms with E-state index in [4.69, 9.17) is 18.9 Å². The Morgan fingerprint density at radius 2 is 1.43 bits per heavy atom. The number of Topliss-reactive ketones (excluding diaryl/α,β-unsaturated/α-hetero) is 1. The second kappa shape index (κ2) is 17.7. The predicted octanol–water partition coefficient (Wildman–Crippen LogP) is 0.659. The van der Waals surface area contributed by atoms with Crippen LogP contribution in [0.2, 0.25) is 0 Å². The number of likely N-dealkylation sites (tertiary alicyclic amines) is 1. The van der Waals surface area contributed by atoms with Gasteiger partial charge in [0, 0.05) is 57.7 Å². The van der Waals surface area contributed by atoms with Gasteiger partial charge in [0.1, 0.15) is 5.78 Å². The fourth-order valence-corrected chi connectivity index (χ4v) is 4.84. The molecule has 1 aliphatic heterocycles. The molecule has 1 aromatic rings. The van der Waals surface area contributed by atoms with Crippen LogP contribution in [0.5, 0.6) is 0 Å². The van der Waals surface area contributed by atoms with Gasteiger partial charge in [-0.15, -0.1) is 0 Å². The minimum Gasteiger partial charge on any atom is -0.377 e. The Labute approximate surface area is 235 Å². The van der Waals surface area contributed by atoms with Crippen LogP contribution in [0.15, 0.2) is 24.5 Å². The van der Waals surface area contributed by atoms with Crippen LogP contribution in [0, 0.1) is 11.8 Å². The molecule has 1 saturated carbocycles. The second-order valence-corrected chi connectivity index (χ2v) is 9.89. The molecular weight excluding hydrogens is 520 g/mol. The van der Waals surface area contributed by atoms with Crippen LogP contribution in [-0.4, -0.2) is 106 Å². The summed E-state index contributed by atoms with van der Waals surface area (Å²) in [4.78, 5) is 53.9. The quantitative estimate of drug-likeness (QED) is 0.246. The normalized spacial score (nSPS) is 19.7. The maximum atomic E-state index is 12.7. The van der Waals surface area contributed by atoms with Crippen molar-refractivity contribution < 1.29 is 38.1 Å². The molecule has 12 nitrogen and oxygen atoms in total. The van der Waals surface area contributed by atoms with Crippen molar-refractivity contribution in [2.45, 2.75) is 38.1 Å². The van der Waals surface area contributed by atoms with E-state index in [2.05, 4.69) is 15.6 Å². The molecule has 2 atom stereocenters. The molecule has 1 aliphatic carbocycles. The molecule has 1 aromatic heterocycles. The number of ether oxygens (including phenoxy) is 4. The van der Waals surface area contributed by atoms with E-state index < -0.39 is 5.92 Å². The van der Waals surface area contributed by atoms with E-state index in [-0.39, 0.29) is 41.9 Å². The zero-order valence-electron chi connectivity index (χ0n) is 23.3. The Morgan fingerprint density at radius 3 is 1.98 bits per heavy atom. The number of aromatic nitrogens is 1. The van der Waals surface area contributed by atoms with Crippen molar-refractivity contribution in [2.24, 2.45) is 11.8 Å². The fourth-order valence-electron chi connectivity index (χ4n) is 4.84. The Kier molecular flexibility index (Phi) is 14.0. The lowest BCUT2D eigenvalue weighted by Gasteiger charge is -2.24. The molecule has 0 bridgehead atoms. The van der Waals surface area contributed by atoms with Gasteiger partial charge in [-0.25, -0.2) is 0 Å². The van der Waals surface area contributed by atoms with Gasteiger partial charge in [-0.3, -0.25) is 24.2 Å². The molecule has 40 heavy (non-hydrogen) atoms. The van der Waals surface area contributed by atoms with Gasteiger partial charge >= 0.3 is 0 Å². The minimum absolute atomic E-state index is 0.00274. The van der Waals surface area contributed by atoms with Crippen molar-refractivity contribution in [1.82, 2.24) is 20.5 Å². The number of nitrogens with zero attached hydrogens (tertiary/aromatic N) is 2. The third kappa shape index (κ3) is 10.6. The summed E-state index contributed by atoms with van der Waals surface area (Å²) in [5, 5.41) is 5.72. The zero-order chi connectivity index (χ0) is 28.6. The summed E-state index contributed by atoms with van der Waals surface area (Å²) < 4.78 is 21.9. The molecule has 2 heterocycles. The molecule has 2 N–H and O–H groups in total. The Hall–Kier alpha value is -2.93. The number of pyridine rings is 1. The van der Waals surface area contributed by atoms with E-state index >= 15 is 0 Å². The maximum Gasteiger partial charge on any atom is 0.226 e. The first-order valence-corrected chi connectivity index (χ1v) is 14.0. The van der Waals surface area contributed by atoms with Crippen LogP contribution in [0.25, 0.3) is 0 Å². The van der Waals surface area contributed by atoms with E-state index in [1.807, 2.05) is 6.07 Å². The molecule has 1 saturated heterocycles. The average Bonchev–Trinajstić information content (AvgIpc) is 3.27. The lowest BCUT2D eigenvalue weighted by Crippen LogP contribution is -2.36. The summed E-state index contributed by atoms with van der Waals surface area (Å²) in [5.74, 6) is -0.505. The highest BCUT2D eigenvalue weighted by molar-refractivity contribution is 5.90. The highest BCUT2D eigenvalue weighted by Gasteiger charge is 2.42. The first-order chi connectivity index (χ1) is 19.5. The van der Waals surface area contributed by atoms with Gasteiger partial charge in [0.2, 0.25) is 17.7 Å². The highest BCUT2D eigenvalue weighted by atomic mass is 16.6. The van der Waals surface area contributed by atoms with Crippen LogP contribution < -0.4 is 10.6 Å². The third-order valence-electron chi connectivity index (χ3n) is 7.07. The van der Waals surface area contributed by atoms with Crippen LogP contribution in [0.4, 0.5) is 0 Å².